The molecule has 0 bridgehead atoms. The molecule has 5 N–H and O–H groups in total. The smallest absolute Gasteiger partial charge is 0.328 e. The van der Waals surface area contributed by atoms with E-state index >= 15 is 0 Å². The van der Waals surface area contributed by atoms with Gasteiger partial charge in [-0.25, -0.2) is 4.79 Å². The number of benzene rings is 2. The summed E-state index contributed by atoms with van der Waals surface area (Å²) >= 11 is 0. The van der Waals surface area contributed by atoms with Crippen molar-refractivity contribution in [2.75, 3.05) is 20.0 Å². The first-order chi connectivity index (χ1) is 16.4. The van der Waals surface area contributed by atoms with Crippen molar-refractivity contribution in [2.24, 2.45) is 20.5 Å². The third-order valence-electron chi connectivity index (χ3n) is 4.60. The Morgan fingerprint density at radius 1 is 0.886 bits per heavy atom. The molecule has 1 aliphatic heterocycles. The highest BCUT2D eigenvalue weighted by Crippen LogP contribution is 2.39. The summed E-state index contributed by atoms with van der Waals surface area (Å²) in [6.45, 7) is 1.70. The second-order valence-electron chi connectivity index (χ2n) is 6.97. The maximum Gasteiger partial charge on any atom is 0.328 e. The molecule has 4 amide bonds. The number of amides is 4. The van der Waals surface area contributed by atoms with Gasteiger partial charge < -0.3 is 15.2 Å². The van der Waals surface area contributed by atoms with Crippen molar-refractivity contribution >= 4 is 50.7 Å². The minimum atomic E-state index is -4.85. The molecule has 0 spiro atoms. The van der Waals surface area contributed by atoms with Gasteiger partial charge in [-0.2, -0.15) is 23.8 Å². The first-order valence-electron chi connectivity index (χ1n) is 9.56. The van der Waals surface area contributed by atoms with Crippen LogP contribution in [-0.2, 0) is 19.7 Å². The molecule has 35 heavy (non-hydrogen) atoms. The Labute approximate surface area is 198 Å². The van der Waals surface area contributed by atoms with Crippen LogP contribution in [0, 0.1) is 6.92 Å². The molecule has 1 saturated heterocycles. The maximum atomic E-state index is 12.0. The summed E-state index contributed by atoms with van der Waals surface area (Å²) < 4.78 is 44.0. The van der Waals surface area contributed by atoms with Crippen LogP contribution in [-0.4, -0.2) is 51.1 Å². The van der Waals surface area contributed by atoms with Crippen molar-refractivity contribution in [2.45, 2.75) is 17.9 Å². The van der Waals surface area contributed by atoms with Crippen LogP contribution in [0.15, 0.2) is 49.6 Å². The number of aryl methyl sites for hydroxylation is 1. The third kappa shape index (κ3) is 5.56. The van der Waals surface area contributed by atoms with Crippen molar-refractivity contribution in [3.05, 3.63) is 29.8 Å². The molecule has 1 heterocycles. The fraction of sp³-hybridized carbons (Fsp3) is 0.211. The topological polar surface area (TPSA) is 224 Å². The van der Waals surface area contributed by atoms with E-state index in [0.717, 1.165) is 12.1 Å². The maximum absolute atomic E-state index is 12.0. The van der Waals surface area contributed by atoms with E-state index in [9.17, 15) is 27.4 Å². The zero-order chi connectivity index (χ0) is 25.9. The summed E-state index contributed by atoms with van der Waals surface area (Å²) in [7, 11) is -2.20. The van der Waals surface area contributed by atoms with Crippen LogP contribution in [0.3, 0.4) is 0 Å². The van der Waals surface area contributed by atoms with E-state index in [1.807, 2.05) is 10.6 Å². The van der Waals surface area contributed by atoms with E-state index in [4.69, 9.17) is 15.2 Å². The highest BCUT2D eigenvalue weighted by atomic mass is 32.2. The molecule has 1 aliphatic rings. The number of ether oxygens (including phenoxy) is 2. The van der Waals surface area contributed by atoms with Gasteiger partial charge in [0.05, 0.1) is 25.6 Å². The van der Waals surface area contributed by atoms with Gasteiger partial charge in [0.15, 0.2) is 0 Å². The van der Waals surface area contributed by atoms with Gasteiger partial charge in [-0.15, -0.1) is 5.11 Å². The second-order valence-corrected chi connectivity index (χ2v) is 8.36. The number of methoxy groups -OCH3 is 2. The van der Waals surface area contributed by atoms with Crippen LogP contribution < -0.4 is 25.8 Å². The molecule has 2 aromatic rings. The van der Waals surface area contributed by atoms with Gasteiger partial charge in [0.1, 0.15) is 27.8 Å². The molecule has 0 unspecified atom stereocenters. The summed E-state index contributed by atoms with van der Waals surface area (Å²) in [5, 5.41) is 18.9. The number of azo groups is 2. The lowest BCUT2D eigenvalue weighted by atomic mass is 10.1. The predicted molar refractivity (Wildman–Crippen MR) is 119 cm³/mol. The Bertz CT molecular complexity index is 1370. The quantitative estimate of drug-likeness (QED) is 0.187. The van der Waals surface area contributed by atoms with Crippen molar-refractivity contribution in [3.63, 3.8) is 0 Å². The zero-order valence-corrected chi connectivity index (χ0v) is 19.3. The lowest BCUT2D eigenvalue weighted by Crippen LogP contribution is -2.57. The van der Waals surface area contributed by atoms with Gasteiger partial charge in [-0.1, -0.05) is 0 Å². The molecule has 184 valence electrons. The molecule has 0 atom stereocenters. The number of nitrogens with zero attached hydrogens (tertiary/aromatic N) is 4. The van der Waals surface area contributed by atoms with E-state index in [2.05, 4.69) is 20.5 Å². The number of nitrogen functional groups attached to an aromatic ring is 1. The van der Waals surface area contributed by atoms with Crippen LogP contribution in [0.25, 0.3) is 0 Å². The van der Waals surface area contributed by atoms with Crippen LogP contribution in [0.4, 0.5) is 27.5 Å². The third-order valence-corrected chi connectivity index (χ3v) is 5.49. The van der Waals surface area contributed by atoms with Gasteiger partial charge in [-0.3, -0.25) is 24.8 Å². The molecule has 2 aromatic carbocycles. The minimum Gasteiger partial charge on any atom is -0.495 e. The molecule has 3 rings (SSSR count). The molecule has 1 fully saturated rings. The van der Waals surface area contributed by atoms with Crippen LogP contribution in [0.2, 0.25) is 0 Å². The van der Waals surface area contributed by atoms with E-state index in [-0.39, 0.29) is 17.1 Å². The number of imide groups is 2. The number of rotatable bonds is 7. The fourth-order valence-corrected chi connectivity index (χ4v) is 3.52. The number of hydrogen-bond donors (Lipinski definition) is 4. The molecule has 0 radical (unpaired) electrons. The Balaban J connectivity index is 2.05. The lowest BCUT2D eigenvalue weighted by Gasteiger charge is -2.16. The van der Waals surface area contributed by atoms with Crippen molar-refractivity contribution in [1.82, 2.24) is 10.6 Å². The highest BCUT2D eigenvalue weighted by Gasteiger charge is 2.34. The van der Waals surface area contributed by atoms with E-state index in [0.29, 0.717) is 22.7 Å². The Kier molecular flexibility index (Phi) is 7.06. The summed E-state index contributed by atoms with van der Waals surface area (Å²) in [4.78, 5) is 34.1. The molecular weight excluding hydrogens is 486 g/mol. The standard InChI is InChI=1S/C19H19N7O8S/c1-8-4-9(20)13(33-2)5-10(8)23-25-12-6-14(34-3)11(7-15(12)35(30,31)32)24-26-16-17(27)21-19(29)22-18(16)28/h4-7,16H,20H2,1-3H3,(H,30,31,32)(H2,21,22,27,28,29). The normalized spacial score (nSPS) is 14.9. The zero-order valence-electron chi connectivity index (χ0n) is 18.5. The average Bonchev–Trinajstić information content (AvgIpc) is 2.77. The summed E-state index contributed by atoms with van der Waals surface area (Å²) in [6.07, 6.45) is 0. The van der Waals surface area contributed by atoms with Crippen LogP contribution in [0.5, 0.6) is 11.5 Å². The Morgan fingerprint density at radius 3 is 2.03 bits per heavy atom. The Morgan fingerprint density at radius 2 is 1.46 bits per heavy atom. The van der Waals surface area contributed by atoms with Gasteiger partial charge in [-0.05, 0) is 24.6 Å². The number of carbonyl (C=O) groups excluding carboxylic acids is 3. The van der Waals surface area contributed by atoms with E-state index in [1.54, 1.807) is 13.0 Å². The van der Waals surface area contributed by atoms with Crippen molar-refractivity contribution in [3.8, 4) is 11.5 Å². The predicted octanol–water partition coefficient (Wildman–Crippen LogP) is 2.07. The minimum absolute atomic E-state index is 0.0746. The fourth-order valence-electron chi connectivity index (χ4n) is 2.89. The number of anilines is 1. The SMILES string of the molecule is COc1cc(N=Nc2cc(OC)c(N=NC3C(=O)NC(=O)NC3=O)cc2S(=O)(=O)O)c(C)cc1N. The lowest BCUT2D eigenvalue weighted by molar-refractivity contribution is -0.131. The van der Waals surface area contributed by atoms with Gasteiger partial charge in [0, 0.05) is 12.1 Å². The average molecular weight is 505 g/mol. The number of urea groups is 1. The van der Waals surface area contributed by atoms with Gasteiger partial charge in [0.25, 0.3) is 21.9 Å². The monoisotopic (exact) mass is 505 g/mol. The molecule has 15 nitrogen and oxygen atoms in total. The number of carbonyl (C=O) groups is 3. The first kappa shape index (κ1) is 25.2. The molecule has 0 aliphatic carbocycles. The van der Waals surface area contributed by atoms with Crippen molar-refractivity contribution in [1.29, 1.82) is 0 Å². The largest absolute Gasteiger partial charge is 0.495 e. The molecular formula is C19H19N7O8S. The molecule has 0 saturated carbocycles. The van der Waals surface area contributed by atoms with Crippen LogP contribution >= 0.6 is 0 Å². The number of nitrogens with one attached hydrogen (secondary N) is 2. The van der Waals surface area contributed by atoms with Gasteiger partial charge in [0.2, 0.25) is 6.04 Å². The summed E-state index contributed by atoms with van der Waals surface area (Å²) in [5.41, 5.74) is 6.55. The first-order valence-corrected chi connectivity index (χ1v) is 11.0. The summed E-state index contributed by atoms with van der Waals surface area (Å²) in [5.74, 6) is -1.81. The van der Waals surface area contributed by atoms with Crippen LogP contribution in [0.1, 0.15) is 5.56 Å². The molecule has 0 aromatic heterocycles. The number of hydrogen-bond acceptors (Lipinski definition) is 12. The Hall–Kier alpha value is -4.44. The van der Waals surface area contributed by atoms with Crippen molar-refractivity contribution < 1.29 is 36.8 Å². The number of barbiturate groups is 1. The second kappa shape index (κ2) is 9.82. The van der Waals surface area contributed by atoms with E-state index in [1.165, 1.54) is 20.3 Å². The number of nitrogens with two attached hydrogens (primary N) is 1. The summed E-state index contributed by atoms with van der Waals surface area (Å²) in [6, 6.07) is 2.33. The van der Waals surface area contributed by atoms with Gasteiger partial charge >= 0.3 is 6.03 Å². The molecule has 16 heteroatoms. The van der Waals surface area contributed by atoms with E-state index < -0.39 is 38.9 Å². The highest BCUT2D eigenvalue weighted by molar-refractivity contribution is 7.86.